The second kappa shape index (κ2) is 3.96. The van der Waals surface area contributed by atoms with Gasteiger partial charge in [-0.25, -0.2) is 4.98 Å². The van der Waals surface area contributed by atoms with Gasteiger partial charge in [-0.3, -0.25) is 0 Å². The highest BCUT2D eigenvalue weighted by Crippen LogP contribution is 2.30. The number of nitrogens with zero attached hydrogens (tertiary/aromatic N) is 2. The molecule has 0 aliphatic carbocycles. The second-order valence-corrected chi connectivity index (χ2v) is 4.51. The van der Waals surface area contributed by atoms with Crippen LogP contribution >= 0.6 is 27.3 Å². The third-order valence-corrected chi connectivity index (χ3v) is 2.75. The Hall–Kier alpha value is -0.0900. The first-order chi connectivity index (χ1) is 10.9. The van der Waals surface area contributed by atoms with Gasteiger partial charge >= 0.3 is 0 Å². The number of halogens is 1. The first-order valence-corrected chi connectivity index (χ1v) is 4.90. The van der Waals surface area contributed by atoms with E-state index in [9.17, 15) is 0 Å². The lowest BCUT2D eigenvalue weighted by molar-refractivity contribution is 0.484. The van der Waals surface area contributed by atoms with Gasteiger partial charge in [0.25, 0.3) is 0 Å². The van der Waals surface area contributed by atoms with Crippen LogP contribution in [0.25, 0.3) is 0 Å². The van der Waals surface area contributed by atoms with E-state index in [0.29, 0.717) is 15.1 Å². The molecule has 1 aliphatic rings. The van der Waals surface area contributed by atoms with E-state index in [0.717, 1.165) is 0 Å². The molecule has 1 atom stereocenters. The highest BCUT2D eigenvalue weighted by Gasteiger charge is 2.20. The van der Waals surface area contributed by atoms with Gasteiger partial charge in [0, 0.05) is 27.6 Å². The lowest BCUT2D eigenvalue weighted by Gasteiger charge is -2.32. The van der Waals surface area contributed by atoms with Crippen molar-refractivity contribution in [2.45, 2.75) is 32.0 Å². The fraction of sp³-hybridized carbons (Fsp3) is 0.667. The van der Waals surface area contributed by atoms with Gasteiger partial charge in [-0.15, -0.1) is 0 Å². The zero-order valence-electron chi connectivity index (χ0n) is 18.3. The minimum atomic E-state index is -3.62. The van der Waals surface area contributed by atoms with Crippen LogP contribution in [0.5, 0.6) is 0 Å². The molecule has 0 radical (unpaired) electrons. The Kier molecular flexibility index (Phi) is 0.832. The van der Waals surface area contributed by atoms with Crippen molar-refractivity contribution in [1.29, 1.82) is 0 Å². The van der Waals surface area contributed by atoms with E-state index < -0.39 is 43.6 Å². The van der Waals surface area contributed by atoms with E-state index >= 15 is 0 Å². The number of hydrogen-bond donors (Lipinski definition) is 0. The second-order valence-electron chi connectivity index (χ2n) is 2.12. The summed E-state index contributed by atoms with van der Waals surface area (Å²) in [5.41, 5.74) is 0. The number of rotatable bonds is 1. The summed E-state index contributed by atoms with van der Waals surface area (Å²) in [5.74, 6) is 0. The number of anilines is 1. The van der Waals surface area contributed by atoms with Crippen molar-refractivity contribution in [2.75, 3.05) is 11.4 Å². The standard InChI is InChI=1S/C9H13BrN2S/c1-7-4-2-3-5-12(7)9-11-6-8(10)13-9/h6-7H,2-5H2,1H3/i1D3,2D2,3D2,4D2,5D2,7D. The van der Waals surface area contributed by atoms with Gasteiger partial charge in [-0.1, -0.05) is 11.3 Å². The summed E-state index contributed by atoms with van der Waals surface area (Å²) < 4.78 is 95.2. The zero-order valence-corrected chi connectivity index (χ0v) is 8.66. The Morgan fingerprint density at radius 1 is 1.92 bits per heavy atom. The Morgan fingerprint density at radius 3 is 3.54 bits per heavy atom. The molecule has 1 unspecified atom stereocenters. The normalized spacial score (nSPS) is 59.3. The van der Waals surface area contributed by atoms with Crippen molar-refractivity contribution in [3.05, 3.63) is 9.98 Å². The largest absolute Gasteiger partial charge is 0.345 e. The van der Waals surface area contributed by atoms with Crippen LogP contribution in [0.1, 0.15) is 42.4 Å². The SMILES string of the molecule is [2H]C([2H])([2H])C1([2H])N(c2ncc(Br)s2)C([2H])([2H])C([2H])([2H])C([2H])([2H])C1([2H])[2H]. The smallest absolute Gasteiger partial charge is 0.186 e. The summed E-state index contributed by atoms with van der Waals surface area (Å²) in [6.07, 6.45) is -9.55. The van der Waals surface area contributed by atoms with E-state index in [4.69, 9.17) is 16.4 Å². The maximum absolute atomic E-state index is 8.36. The average molecular weight is 273 g/mol. The first kappa shape index (κ1) is 2.73. The number of piperidine rings is 1. The summed E-state index contributed by atoms with van der Waals surface area (Å²) in [5, 5.41) is -0.453. The van der Waals surface area contributed by atoms with Crippen molar-refractivity contribution in [2.24, 2.45) is 0 Å². The van der Waals surface area contributed by atoms with Gasteiger partial charge in [-0.05, 0) is 41.9 Å². The Labute approximate surface area is 108 Å². The molecule has 1 fully saturated rings. The zero-order chi connectivity index (χ0) is 19.9. The third kappa shape index (κ3) is 2.05. The Morgan fingerprint density at radius 2 is 2.85 bits per heavy atom. The van der Waals surface area contributed by atoms with Crippen LogP contribution in [0.2, 0.25) is 0 Å². The minimum absolute atomic E-state index is 0.101. The monoisotopic (exact) mass is 272 g/mol. The molecule has 2 rings (SSSR count). The quantitative estimate of drug-likeness (QED) is 0.780. The van der Waals surface area contributed by atoms with Gasteiger partial charge in [0.15, 0.2) is 5.13 Å². The van der Waals surface area contributed by atoms with Crippen LogP contribution in [-0.2, 0) is 0 Å². The molecule has 1 saturated heterocycles. The predicted molar refractivity (Wildman–Crippen MR) is 60.5 cm³/mol. The maximum atomic E-state index is 8.36. The van der Waals surface area contributed by atoms with Gasteiger partial charge in [0.1, 0.15) is 0 Å². The topological polar surface area (TPSA) is 16.1 Å². The molecule has 1 aromatic rings. The number of thiazole rings is 1. The molecule has 0 amide bonds. The molecular weight excluding hydrogens is 248 g/mol. The van der Waals surface area contributed by atoms with Gasteiger partial charge in [0.2, 0.25) is 0 Å². The molecule has 1 aliphatic heterocycles. The minimum Gasteiger partial charge on any atom is -0.345 e. The molecule has 4 heteroatoms. The van der Waals surface area contributed by atoms with E-state index in [1.807, 2.05) is 0 Å². The average Bonchev–Trinajstić information content (AvgIpc) is 2.81. The molecule has 1 aromatic heterocycles. The van der Waals surface area contributed by atoms with Crippen LogP contribution in [-0.4, -0.2) is 17.5 Å². The van der Waals surface area contributed by atoms with E-state index in [-0.39, 0.29) is 4.90 Å². The molecule has 0 bridgehead atoms. The van der Waals surface area contributed by atoms with Crippen molar-refractivity contribution in [3.8, 4) is 0 Å². The molecule has 2 heterocycles. The summed E-state index contributed by atoms with van der Waals surface area (Å²) in [6.45, 7) is -6.90. The van der Waals surface area contributed by atoms with Gasteiger partial charge < -0.3 is 4.90 Å². The van der Waals surface area contributed by atoms with E-state index in [2.05, 4.69) is 20.9 Å². The van der Waals surface area contributed by atoms with Crippen LogP contribution in [0.15, 0.2) is 9.98 Å². The van der Waals surface area contributed by atoms with Crippen LogP contribution in [0.3, 0.4) is 0 Å². The summed E-state index contributed by atoms with van der Waals surface area (Å²) >= 11 is 3.73. The maximum Gasteiger partial charge on any atom is 0.186 e. The lowest BCUT2D eigenvalue weighted by atomic mass is 10.1. The first-order valence-electron chi connectivity index (χ1n) is 9.29. The summed E-state index contributed by atoms with van der Waals surface area (Å²) in [4.78, 5) is 3.86. The predicted octanol–water partition coefficient (Wildman–Crippen LogP) is 3.28. The van der Waals surface area contributed by atoms with Crippen LogP contribution in [0.4, 0.5) is 5.13 Å². The van der Waals surface area contributed by atoms with E-state index in [1.54, 1.807) is 0 Å². The fourth-order valence-corrected chi connectivity index (χ4v) is 1.93. The molecule has 0 N–H and O–H groups in total. The molecule has 0 saturated carbocycles. The Bertz CT molecular complexity index is 684. The lowest BCUT2D eigenvalue weighted by Crippen LogP contribution is -2.37. The van der Waals surface area contributed by atoms with Crippen molar-refractivity contribution in [1.82, 2.24) is 4.98 Å². The van der Waals surface area contributed by atoms with Crippen LogP contribution in [0, 0.1) is 0 Å². The highest BCUT2D eigenvalue weighted by atomic mass is 79.9. The van der Waals surface area contributed by atoms with Crippen molar-refractivity contribution >= 4 is 32.4 Å². The molecule has 13 heavy (non-hydrogen) atoms. The van der Waals surface area contributed by atoms with Gasteiger partial charge in [-0.2, -0.15) is 0 Å². The molecule has 2 nitrogen and oxygen atoms in total. The molecule has 0 aromatic carbocycles. The summed E-state index contributed by atoms with van der Waals surface area (Å²) in [7, 11) is 0. The van der Waals surface area contributed by atoms with Crippen molar-refractivity contribution in [3.63, 3.8) is 0 Å². The van der Waals surface area contributed by atoms with Crippen LogP contribution < -0.4 is 4.90 Å². The van der Waals surface area contributed by atoms with Crippen molar-refractivity contribution < 1.29 is 16.4 Å². The summed E-state index contributed by atoms with van der Waals surface area (Å²) in [6, 6.07) is -3.48. The van der Waals surface area contributed by atoms with E-state index in [1.165, 1.54) is 6.20 Å². The molecular formula is C9H13BrN2S. The molecule has 0 spiro atoms. The molecule has 72 valence electrons. The third-order valence-electron chi connectivity index (χ3n) is 1.29. The Balaban J connectivity index is 2.94. The number of hydrogen-bond acceptors (Lipinski definition) is 3. The van der Waals surface area contributed by atoms with Gasteiger partial charge in [0.05, 0.1) is 11.4 Å². The number of aromatic nitrogens is 1. The highest BCUT2D eigenvalue weighted by molar-refractivity contribution is 9.11. The fourth-order valence-electron chi connectivity index (χ4n) is 0.779.